The van der Waals surface area contributed by atoms with E-state index in [9.17, 15) is 0 Å². The summed E-state index contributed by atoms with van der Waals surface area (Å²) in [6, 6.07) is 119. The number of fused-ring (bicyclic) bond motifs is 9. The van der Waals surface area contributed by atoms with E-state index in [2.05, 4.69) is 386 Å². The zero-order chi connectivity index (χ0) is 69.1. The lowest BCUT2D eigenvalue weighted by molar-refractivity contribution is 0.590. The molecule has 16 aromatic carbocycles. The second-order valence-corrected chi connectivity index (χ2v) is 31.6. The molecule has 2 aliphatic heterocycles. The SMILES string of the molecule is CC(C)(C)c1cc(-c2ccccc2)c(N2c3ccc(-c4ccc5c6cccc7cccc(c8cccc4c85)c76)cc3B3c4ccc(-n5c6ccccc6c6ccccc65)cc4N(c4c(-c5ccccc5)cc(C(C)(C)C)cc4-c4ccccc4)c4cc(C(C)(C)C)cc2c43)c(-c2ccccc2)c1. The van der Waals surface area contributed by atoms with Crippen LogP contribution in [0.3, 0.4) is 0 Å². The van der Waals surface area contributed by atoms with E-state index in [0.717, 1.165) is 45.3 Å². The fourth-order valence-electron chi connectivity index (χ4n) is 17.3. The highest BCUT2D eigenvalue weighted by molar-refractivity contribution is 7.00. The van der Waals surface area contributed by atoms with Gasteiger partial charge >= 0.3 is 0 Å². The summed E-state index contributed by atoms with van der Waals surface area (Å²) in [4.78, 5) is 5.47. The predicted molar refractivity (Wildman–Crippen MR) is 439 cm³/mol. The van der Waals surface area contributed by atoms with Crippen LogP contribution in [0.4, 0.5) is 34.1 Å². The molecule has 0 unspecified atom stereocenters. The van der Waals surface area contributed by atoms with E-state index in [1.54, 1.807) is 0 Å². The summed E-state index contributed by atoms with van der Waals surface area (Å²) in [6.45, 7) is 21.1. The Morgan fingerprint density at radius 3 is 1.14 bits per heavy atom. The minimum Gasteiger partial charge on any atom is -0.310 e. The normalized spacial score (nSPS) is 13.1. The number of nitrogens with zero attached hydrogens (tertiary/aromatic N) is 3. The average molecular weight is 1310 g/mol. The number of anilines is 6. The molecule has 3 heterocycles. The predicted octanol–water partition coefficient (Wildman–Crippen LogP) is 25.1. The van der Waals surface area contributed by atoms with Gasteiger partial charge in [0.05, 0.1) is 22.4 Å². The van der Waals surface area contributed by atoms with Crippen molar-refractivity contribution < 1.29 is 0 Å². The first-order valence-corrected chi connectivity index (χ1v) is 36.3. The molecule has 2 aliphatic rings. The summed E-state index contributed by atoms with van der Waals surface area (Å²) in [6.07, 6.45) is 0. The Balaban J connectivity index is 0.995. The number of aromatic nitrogens is 1. The standard InChI is InChI=1S/C98H78BN3/c1-96(2,3)67-54-79(61-29-14-10-15-30-61)94(80(55-67)62-31-16-11-17-32-62)101-87-52-47-66(71-49-50-78-76-42-27-38-65-37-26-41-75(91(65)76)77-44-28-43-74(71)92(77)78)53-84(87)99-83-51-48-70(100-85-45-24-22-39-72(85)73-40-23-25-46-86(73)100)60-88(83)102(90-59-69(98(7,8)9)58-89(101)93(90)99)95-81(63-33-18-12-19-34-63)56-68(97(4,5)6)57-82(95)64-35-20-13-21-36-64/h10-60H,1-9H3. The maximum atomic E-state index is 2.74. The summed E-state index contributed by atoms with van der Waals surface area (Å²) >= 11 is 0. The lowest BCUT2D eigenvalue weighted by Gasteiger charge is -2.47. The van der Waals surface area contributed by atoms with Crippen LogP contribution in [0.1, 0.15) is 79.0 Å². The molecule has 19 rings (SSSR count). The molecule has 0 aliphatic carbocycles. The number of hydrogen-bond acceptors (Lipinski definition) is 2. The van der Waals surface area contributed by atoms with E-state index in [0.29, 0.717) is 0 Å². The fourth-order valence-corrected chi connectivity index (χ4v) is 17.3. The van der Waals surface area contributed by atoms with Crippen LogP contribution in [-0.2, 0) is 16.2 Å². The van der Waals surface area contributed by atoms with E-state index in [1.165, 1.54) is 148 Å². The van der Waals surface area contributed by atoms with E-state index in [1.807, 2.05) is 0 Å². The third-order valence-electron chi connectivity index (χ3n) is 22.3. The van der Waals surface area contributed by atoms with E-state index >= 15 is 0 Å². The molecule has 0 fully saturated rings. The van der Waals surface area contributed by atoms with E-state index in [-0.39, 0.29) is 23.0 Å². The van der Waals surface area contributed by atoms with Crippen molar-refractivity contribution >= 4 is 122 Å². The number of hydrogen-bond donors (Lipinski definition) is 0. The second-order valence-electron chi connectivity index (χ2n) is 31.6. The van der Waals surface area contributed by atoms with Crippen LogP contribution in [-0.4, -0.2) is 11.3 Å². The van der Waals surface area contributed by atoms with Crippen molar-refractivity contribution in [1.29, 1.82) is 0 Å². The van der Waals surface area contributed by atoms with Crippen LogP contribution in [0.25, 0.3) is 126 Å². The molecule has 0 N–H and O–H groups in total. The Morgan fingerprint density at radius 2 is 0.657 bits per heavy atom. The maximum Gasteiger partial charge on any atom is 0.252 e. The second kappa shape index (κ2) is 22.9. The Hall–Kier alpha value is -11.7. The van der Waals surface area contributed by atoms with E-state index < -0.39 is 0 Å². The molecule has 0 saturated heterocycles. The van der Waals surface area contributed by atoms with Gasteiger partial charge in [-0.25, -0.2) is 0 Å². The van der Waals surface area contributed by atoms with Crippen molar-refractivity contribution in [3.8, 4) is 61.3 Å². The van der Waals surface area contributed by atoms with Crippen LogP contribution in [0, 0.1) is 0 Å². The molecular formula is C98H78BN3. The molecule has 4 heteroatoms. The van der Waals surface area contributed by atoms with E-state index in [4.69, 9.17) is 0 Å². The third-order valence-corrected chi connectivity index (χ3v) is 22.3. The molecule has 102 heavy (non-hydrogen) atoms. The fraction of sp³-hybridized carbons (Fsp3) is 0.122. The van der Waals surface area contributed by atoms with Crippen LogP contribution in [0.5, 0.6) is 0 Å². The quantitative estimate of drug-likeness (QED) is 0.0853. The lowest BCUT2D eigenvalue weighted by Crippen LogP contribution is -2.61. The van der Waals surface area contributed by atoms with Crippen molar-refractivity contribution in [3.63, 3.8) is 0 Å². The van der Waals surface area contributed by atoms with Gasteiger partial charge in [0.1, 0.15) is 0 Å². The van der Waals surface area contributed by atoms with Crippen molar-refractivity contribution in [2.24, 2.45) is 0 Å². The van der Waals surface area contributed by atoms with Gasteiger partial charge in [-0.1, -0.05) is 305 Å². The third kappa shape index (κ3) is 9.56. The summed E-state index contributed by atoms with van der Waals surface area (Å²) in [5.74, 6) is 0. The monoisotopic (exact) mass is 1310 g/mol. The lowest BCUT2D eigenvalue weighted by atomic mass is 9.33. The van der Waals surface area contributed by atoms with Gasteiger partial charge in [-0.2, -0.15) is 0 Å². The van der Waals surface area contributed by atoms with Gasteiger partial charge in [-0.05, 0) is 193 Å². The molecule has 0 radical (unpaired) electrons. The first-order valence-electron chi connectivity index (χ1n) is 36.3. The van der Waals surface area contributed by atoms with Gasteiger partial charge in [0.15, 0.2) is 0 Å². The van der Waals surface area contributed by atoms with Gasteiger partial charge < -0.3 is 14.4 Å². The summed E-state index contributed by atoms with van der Waals surface area (Å²) in [5, 5.41) is 12.8. The summed E-state index contributed by atoms with van der Waals surface area (Å²) in [7, 11) is 0. The van der Waals surface area contributed by atoms with Gasteiger partial charge in [0.2, 0.25) is 0 Å². The van der Waals surface area contributed by atoms with Gasteiger partial charge in [-0.3, -0.25) is 0 Å². The largest absolute Gasteiger partial charge is 0.310 e. The first-order chi connectivity index (χ1) is 49.5. The molecule has 3 nitrogen and oxygen atoms in total. The van der Waals surface area contributed by atoms with Crippen molar-refractivity contribution in [2.75, 3.05) is 9.80 Å². The Kier molecular flexibility index (Phi) is 13.8. The Labute approximate surface area is 598 Å². The van der Waals surface area contributed by atoms with Gasteiger partial charge in [0, 0.05) is 61.5 Å². The molecule has 0 amide bonds. The molecular weight excluding hydrogens is 1230 g/mol. The smallest absolute Gasteiger partial charge is 0.252 e. The Morgan fingerprint density at radius 1 is 0.255 bits per heavy atom. The van der Waals surface area contributed by atoms with Crippen LogP contribution < -0.4 is 26.2 Å². The molecule has 0 bridgehead atoms. The highest BCUT2D eigenvalue weighted by Crippen LogP contribution is 2.56. The highest BCUT2D eigenvalue weighted by Gasteiger charge is 2.47. The minimum absolute atomic E-state index is 0.179. The zero-order valence-corrected chi connectivity index (χ0v) is 59.4. The molecule has 488 valence electrons. The molecule has 1 aromatic heterocycles. The Bertz CT molecular complexity index is 6020. The molecule has 17 aromatic rings. The highest BCUT2D eigenvalue weighted by atomic mass is 15.2. The average Bonchev–Trinajstić information content (AvgIpc) is 0.730. The van der Waals surface area contributed by atoms with Crippen molar-refractivity contribution in [2.45, 2.75) is 78.6 Å². The minimum atomic E-state index is -0.310. The molecule has 0 saturated carbocycles. The van der Waals surface area contributed by atoms with Crippen LogP contribution in [0.15, 0.2) is 309 Å². The first kappa shape index (κ1) is 61.4. The van der Waals surface area contributed by atoms with Gasteiger partial charge in [0.25, 0.3) is 6.71 Å². The van der Waals surface area contributed by atoms with Crippen LogP contribution >= 0.6 is 0 Å². The van der Waals surface area contributed by atoms with Crippen molar-refractivity contribution in [3.05, 3.63) is 326 Å². The topological polar surface area (TPSA) is 11.4 Å². The molecule has 0 atom stereocenters. The molecule has 0 spiro atoms. The summed E-state index contributed by atoms with van der Waals surface area (Å²) < 4.78 is 2.51. The number of para-hydroxylation sites is 2. The van der Waals surface area contributed by atoms with Crippen LogP contribution in [0.2, 0.25) is 0 Å². The number of benzene rings is 16. The maximum absolute atomic E-state index is 2.74. The number of rotatable bonds is 8. The summed E-state index contributed by atoms with van der Waals surface area (Å²) in [5.41, 5.74) is 29.0. The zero-order valence-electron chi connectivity index (χ0n) is 59.4. The van der Waals surface area contributed by atoms with Crippen molar-refractivity contribution in [1.82, 2.24) is 4.57 Å². The van der Waals surface area contributed by atoms with Gasteiger partial charge in [-0.15, -0.1) is 0 Å².